The molecule has 1 aliphatic rings. The summed E-state index contributed by atoms with van der Waals surface area (Å²) < 4.78 is 18.0. The van der Waals surface area contributed by atoms with Gasteiger partial charge >= 0.3 is 5.69 Å². The van der Waals surface area contributed by atoms with Gasteiger partial charge in [0.1, 0.15) is 11.6 Å². The Morgan fingerprint density at radius 1 is 0.949 bits per heavy atom. The second-order valence-electron chi connectivity index (χ2n) is 9.57. The van der Waals surface area contributed by atoms with Crippen LogP contribution in [0.5, 0.6) is 5.75 Å². The van der Waals surface area contributed by atoms with Crippen molar-refractivity contribution in [3.05, 3.63) is 94.6 Å². The van der Waals surface area contributed by atoms with Crippen LogP contribution in [0.25, 0.3) is 39.1 Å². The van der Waals surface area contributed by atoms with Gasteiger partial charge in [-0.15, -0.1) is 0 Å². The number of nitrogens with zero attached hydrogens (tertiary/aromatic N) is 4. The van der Waals surface area contributed by atoms with Gasteiger partial charge in [-0.2, -0.15) is 5.10 Å². The molecule has 198 valence electrons. The Kier molecular flexibility index (Phi) is 6.46. The summed E-state index contributed by atoms with van der Waals surface area (Å²) in [5.74, 6) is -0.553. The molecule has 0 unspecified atom stereocenters. The van der Waals surface area contributed by atoms with Crippen molar-refractivity contribution in [2.75, 3.05) is 31.1 Å². The van der Waals surface area contributed by atoms with Gasteiger partial charge in [-0.3, -0.25) is 9.67 Å². The first-order valence-corrected chi connectivity index (χ1v) is 12.9. The third-order valence-corrected chi connectivity index (χ3v) is 7.39. The highest BCUT2D eigenvalue weighted by atomic mass is 35.5. The van der Waals surface area contributed by atoms with E-state index in [4.69, 9.17) is 11.6 Å². The van der Waals surface area contributed by atoms with Crippen LogP contribution < -0.4 is 15.9 Å². The highest BCUT2D eigenvalue weighted by molar-refractivity contribution is 6.32. The van der Waals surface area contributed by atoms with E-state index in [1.165, 1.54) is 21.3 Å². The first-order chi connectivity index (χ1) is 18.9. The summed E-state index contributed by atoms with van der Waals surface area (Å²) in [5.41, 5.74) is 4.91. The van der Waals surface area contributed by atoms with Crippen LogP contribution in [0, 0.1) is 5.82 Å². The molecule has 2 aromatic heterocycles. The van der Waals surface area contributed by atoms with Crippen LogP contribution in [-0.4, -0.2) is 50.6 Å². The van der Waals surface area contributed by atoms with E-state index < -0.39 is 5.82 Å². The number of imidazole rings is 1. The van der Waals surface area contributed by atoms with Crippen LogP contribution in [0.2, 0.25) is 5.02 Å². The van der Waals surface area contributed by atoms with Crippen molar-refractivity contribution in [2.45, 2.75) is 0 Å². The molecule has 3 heterocycles. The Morgan fingerprint density at radius 2 is 1.69 bits per heavy atom. The zero-order valence-corrected chi connectivity index (χ0v) is 21.9. The minimum absolute atomic E-state index is 0.0623. The molecule has 0 aliphatic carbocycles. The van der Waals surface area contributed by atoms with Crippen molar-refractivity contribution in [1.29, 1.82) is 0 Å². The number of nitrogens with one attached hydrogen (secondary N) is 2. The highest BCUT2D eigenvalue weighted by Crippen LogP contribution is 2.42. The number of aryl methyl sites for hydroxylation is 1. The van der Waals surface area contributed by atoms with Gasteiger partial charge < -0.3 is 19.9 Å². The van der Waals surface area contributed by atoms with Crippen LogP contribution in [0.15, 0.2) is 78.1 Å². The molecule has 0 radical (unpaired) electrons. The van der Waals surface area contributed by atoms with E-state index in [1.54, 1.807) is 50.0 Å². The summed E-state index contributed by atoms with van der Waals surface area (Å²) in [4.78, 5) is 14.7. The predicted octanol–water partition coefficient (Wildman–Crippen LogP) is 4.81. The SMILES string of the molecule is Cn1ccn(-c2ccc(-c3cc(F)cc(-c4cc(-c5cn[nH]c5)cc(N5CCNCC5)c4)c3O)cc2Cl)c1=O. The van der Waals surface area contributed by atoms with Crippen LogP contribution >= 0.6 is 11.6 Å². The van der Waals surface area contributed by atoms with Crippen molar-refractivity contribution in [2.24, 2.45) is 7.05 Å². The molecule has 39 heavy (non-hydrogen) atoms. The summed E-state index contributed by atoms with van der Waals surface area (Å²) >= 11 is 6.56. The van der Waals surface area contributed by atoms with Crippen molar-refractivity contribution >= 4 is 17.3 Å². The van der Waals surface area contributed by atoms with Crippen LogP contribution in [0.4, 0.5) is 10.1 Å². The lowest BCUT2D eigenvalue weighted by Gasteiger charge is -2.30. The molecule has 6 rings (SSSR count). The second-order valence-corrected chi connectivity index (χ2v) is 9.98. The van der Waals surface area contributed by atoms with Gasteiger partial charge in [0.05, 0.1) is 16.9 Å². The number of anilines is 1. The Bertz CT molecular complexity index is 1720. The van der Waals surface area contributed by atoms with E-state index in [0.29, 0.717) is 33.0 Å². The minimum atomic E-state index is -0.491. The normalized spacial score (nSPS) is 13.7. The van der Waals surface area contributed by atoms with Gasteiger partial charge in [-0.25, -0.2) is 9.18 Å². The molecule has 0 spiro atoms. The van der Waals surface area contributed by atoms with E-state index in [9.17, 15) is 9.90 Å². The van der Waals surface area contributed by atoms with Crippen molar-refractivity contribution in [1.82, 2.24) is 24.6 Å². The van der Waals surface area contributed by atoms with Crippen LogP contribution in [-0.2, 0) is 7.05 Å². The molecule has 0 atom stereocenters. The number of rotatable bonds is 5. The van der Waals surface area contributed by atoms with Gasteiger partial charge in [0.2, 0.25) is 0 Å². The maximum Gasteiger partial charge on any atom is 0.332 e. The molecule has 1 fully saturated rings. The quantitative estimate of drug-likeness (QED) is 0.295. The van der Waals surface area contributed by atoms with Gasteiger partial charge in [0.15, 0.2) is 0 Å². The molecular formula is C29H26ClFN6O2. The molecule has 0 bridgehead atoms. The first-order valence-electron chi connectivity index (χ1n) is 12.6. The highest BCUT2D eigenvalue weighted by Gasteiger charge is 2.19. The largest absolute Gasteiger partial charge is 0.507 e. The Labute approximate surface area is 228 Å². The lowest BCUT2D eigenvalue weighted by molar-refractivity contribution is 0.477. The molecular weight excluding hydrogens is 519 g/mol. The first kappa shape index (κ1) is 25.0. The summed E-state index contributed by atoms with van der Waals surface area (Å²) in [7, 11) is 1.66. The number of hydrogen-bond donors (Lipinski definition) is 3. The maximum absolute atomic E-state index is 15.1. The Morgan fingerprint density at radius 3 is 2.36 bits per heavy atom. The van der Waals surface area contributed by atoms with E-state index >= 15 is 4.39 Å². The zero-order chi connectivity index (χ0) is 27.1. The monoisotopic (exact) mass is 544 g/mol. The van der Waals surface area contributed by atoms with Crippen LogP contribution in [0.3, 0.4) is 0 Å². The smallest absolute Gasteiger partial charge is 0.332 e. The number of phenolic OH excluding ortho intramolecular Hbond substituents is 1. The number of H-pyrrole nitrogens is 1. The van der Waals surface area contributed by atoms with Crippen molar-refractivity contribution in [3.8, 4) is 44.8 Å². The van der Waals surface area contributed by atoms with Gasteiger partial charge in [0.25, 0.3) is 0 Å². The standard InChI is InChI=1S/C29H26ClFN6O2/c1-35-8-9-37(29(35)39)27-3-2-18(13-26(27)30)24-14-22(31)15-25(28(24)38)20-10-19(21-16-33-34-17-21)11-23(12-20)36-6-4-32-5-7-36/h2-3,8-17,32,38H,4-7H2,1H3,(H,33,34). The third kappa shape index (κ3) is 4.71. The fourth-order valence-corrected chi connectivity index (χ4v) is 5.28. The summed E-state index contributed by atoms with van der Waals surface area (Å²) in [6.07, 6.45) is 6.81. The topological polar surface area (TPSA) is 91.1 Å². The summed E-state index contributed by atoms with van der Waals surface area (Å²) in [6, 6.07) is 13.6. The molecule has 8 nitrogen and oxygen atoms in total. The second kappa shape index (κ2) is 10.1. The number of phenols is 1. The van der Waals surface area contributed by atoms with Gasteiger partial charge in [-0.05, 0) is 59.2 Å². The molecule has 3 N–H and O–H groups in total. The minimum Gasteiger partial charge on any atom is -0.507 e. The molecule has 1 saturated heterocycles. The third-order valence-electron chi connectivity index (χ3n) is 7.08. The lowest BCUT2D eigenvalue weighted by atomic mass is 9.94. The summed E-state index contributed by atoms with van der Waals surface area (Å²) in [6.45, 7) is 3.41. The Balaban J connectivity index is 1.46. The number of halogens is 2. The van der Waals surface area contributed by atoms with E-state index in [0.717, 1.165) is 43.0 Å². The number of aromatic hydroxyl groups is 1. The number of hydrogen-bond acceptors (Lipinski definition) is 5. The molecule has 0 saturated carbocycles. The van der Waals surface area contributed by atoms with Gasteiger partial charge in [0, 0.05) is 74.2 Å². The zero-order valence-electron chi connectivity index (χ0n) is 21.2. The number of benzene rings is 3. The predicted molar refractivity (Wildman–Crippen MR) is 151 cm³/mol. The van der Waals surface area contributed by atoms with Crippen molar-refractivity contribution < 1.29 is 9.50 Å². The number of piperazine rings is 1. The lowest BCUT2D eigenvalue weighted by Crippen LogP contribution is -2.43. The van der Waals surface area contributed by atoms with Crippen molar-refractivity contribution in [3.63, 3.8) is 0 Å². The molecule has 0 amide bonds. The van der Waals surface area contributed by atoms with Gasteiger partial charge in [-0.1, -0.05) is 17.7 Å². The number of aromatic nitrogens is 4. The Hall–Kier alpha value is -4.34. The molecule has 1 aliphatic heterocycles. The average molecular weight is 545 g/mol. The summed E-state index contributed by atoms with van der Waals surface area (Å²) in [5, 5.41) is 22.0. The van der Waals surface area contributed by atoms with E-state index in [-0.39, 0.29) is 11.4 Å². The van der Waals surface area contributed by atoms with E-state index in [1.807, 2.05) is 12.1 Å². The fourth-order valence-electron chi connectivity index (χ4n) is 5.00. The fraction of sp³-hybridized carbons (Fsp3) is 0.172. The maximum atomic E-state index is 15.1. The molecule has 10 heteroatoms. The molecule has 3 aromatic carbocycles. The molecule has 5 aromatic rings. The number of aromatic amines is 1. The average Bonchev–Trinajstić information content (AvgIpc) is 3.61. The van der Waals surface area contributed by atoms with Crippen LogP contribution in [0.1, 0.15) is 0 Å². The van der Waals surface area contributed by atoms with E-state index in [2.05, 4.69) is 26.5 Å².